The molecule has 1 unspecified atom stereocenters. The summed E-state index contributed by atoms with van der Waals surface area (Å²) in [4.78, 5) is 17.8. The Labute approximate surface area is 82.2 Å². The predicted octanol–water partition coefficient (Wildman–Crippen LogP) is 1.97. The van der Waals surface area contributed by atoms with Gasteiger partial charge in [0, 0.05) is 0 Å². The van der Waals surface area contributed by atoms with Gasteiger partial charge in [-0.15, -0.1) is 0 Å². The summed E-state index contributed by atoms with van der Waals surface area (Å²) < 4.78 is 4.86. The van der Waals surface area contributed by atoms with Gasteiger partial charge in [0.1, 0.15) is 0 Å². The van der Waals surface area contributed by atoms with E-state index in [0.717, 1.165) is 5.56 Å². The van der Waals surface area contributed by atoms with Gasteiger partial charge in [-0.1, -0.05) is 30.3 Å². The highest BCUT2D eigenvalue weighted by Crippen LogP contribution is 2.42. The molecule has 1 aromatic rings. The van der Waals surface area contributed by atoms with Crippen molar-refractivity contribution in [3.63, 3.8) is 0 Å². The van der Waals surface area contributed by atoms with E-state index < -0.39 is 6.72 Å². The Morgan fingerprint density at radius 1 is 1.31 bits per heavy atom. The lowest BCUT2D eigenvalue weighted by Gasteiger charge is -2.15. The second-order valence-electron chi connectivity index (χ2n) is 2.65. The first-order valence-corrected chi connectivity index (χ1v) is 6.40. The van der Waals surface area contributed by atoms with Crippen LogP contribution >= 0.6 is 6.72 Å². The van der Waals surface area contributed by atoms with E-state index in [1.165, 1.54) is 0 Å². The lowest BCUT2D eigenvalue weighted by Crippen LogP contribution is -1.97. The third-order valence-corrected chi connectivity index (χ3v) is 2.41. The van der Waals surface area contributed by atoms with Gasteiger partial charge in [0.25, 0.3) is 0 Å². The first-order chi connectivity index (χ1) is 5.99. The van der Waals surface area contributed by atoms with E-state index in [4.69, 9.17) is 14.3 Å². The van der Waals surface area contributed by atoms with E-state index in [1.807, 2.05) is 30.3 Å². The molecule has 1 atom stereocenters. The molecule has 0 saturated heterocycles. The Morgan fingerprint density at radius 2 is 1.85 bits per heavy atom. The Kier molecular flexibility index (Phi) is 3.59. The van der Waals surface area contributed by atoms with Crippen molar-refractivity contribution in [2.24, 2.45) is 0 Å². The summed E-state index contributed by atoms with van der Waals surface area (Å²) in [5, 5.41) is 0. The number of hydrogen-bond donors (Lipinski definition) is 2. The van der Waals surface area contributed by atoms with Crippen LogP contribution in [-0.2, 0) is 16.3 Å². The average molecular weight is 218 g/mol. The Bertz CT molecular complexity index is 308. The summed E-state index contributed by atoms with van der Waals surface area (Å²) in [5.41, 5.74) is 0.875. The van der Waals surface area contributed by atoms with Crippen molar-refractivity contribution < 1.29 is 14.3 Å². The maximum Gasteiger partial charge on any atom is 0.322 e. The lowest BCUT2D eigenvalue weighted by atomic mass is 10.1. The van der Waals surface area contributed by atoms with Crippen LogP contribution in [0.1, 0.15) is 18.6 Å². The van der Waals surface area contributed by atoms with Crippen molar-refractivity contribution >= 4 is 18.5 Å². The van der Waals surface area contributed by atoms with Crippen molar-refractivity contribution in [1.29, 1.82) is 0 Å². The van der Waals surface area contributed by atoms with Gasteiger partial charge < -0.3 is 14.3 Å². The molecule has 0 radical (unpaired) electrons. The summed E-state index contributed by atoms with van der Waals surface area (Å²) >= 11 is 4.36. The third-order valence-electron chi connectivity index (χ3n) is 1.56. The molecule has 3 nitrogen and oxygen atoms in total. The minimum absolute atomic E-state index is 0.387. The molecule has 1 rings (SSSR count). The topological polar surface area (TPSA) is 49.7 Å². The summed E-state index contributed by atoms with van der Waals surface area (Å²) in [6, 6.07) is 9.27. The molecule has 5 heteroatoms. The van der Waals surface area contributed by atoms with E-state index >= 15 is 0 Å². The van der Waals surface area contributed by atoms with E-state index in [2.05, 4.69) is 11.8 Å². The minimum Gasteiger partial charge on any atom is -0.325 e. The monoisotopic (exact) mass is 218 g/mol. The molecule has 72 valence electrons. The normalized spacial score (nSPS) is 14.1. The molecule has 0 saturated carbocycles. The fourth-order valence-corrected chi connectivity index (χ4v) is 1.91. The van der Waals surface area contributed by atoms with Crippen LogP contribution in [0.15, 0.2) is 30.3 Å². The first-order valence-electron chi connectivity index (χ1n) is 3.78. The second-order valence-corrected chi connectivity index (χ2v) is 5.27. The molecule has 13 heavy (non-hydrogen) atoms. The zero-order valence-corrected chi connectivity index (χ0v) is 8.83. The van der Waals surface area contributed by atoms with Gasteiger partial charge in [-0.05, 0) is 24.3 Å². The smallest absolute Gasteiger partial charge is 0.322 e. The number of hydrogen-bond acceptors (Lipinski definition) is 2. The number of rotatable bonds is 3. The maximum atomic E-state index is 8.91. The summed E-state index contributed by atoms with van der Waals surface area (Å²) in [7, 11) is 0. The molecule has 0 fully saturated rings. The molecular weight excluding hydrogens is 207 g/mol. The molecule has 0 aromatic heterocycles. The van der Waals surface area contributed by atoms with E-state index in [0.29, 0.717) is 0 Å². The SMILES string of the molecule is CC(OP(O)(O)=S)c1ccccc1. The second kappa shape index (κ2) is 4.31. The fraction of sp³-hybridized carbons (Fsp3) is 0.250. The van der Waals surface area contributed by atoms with Gasteiger partial charge in [-0.2, -0.15) is 0 Å². The molecule has 0 spiro atoms. The molecule has 2 N–H and O–H groups in total. The lowest BCUT2D eigenvalue weighted by molar-refractivity contribution is 0.186. The van der Waals surface area contributed by atoms with E-state index in [9.17, 15) is 0 Å². The standard InChI is InChI=1S/C8H11O3PS/c1-7(11-12(9,10)13)8-5-3-2-4-6-8/h2-7H,1H3,(H2,9,10,13). The van der Waals surface area contributed by atoms with Crippen LogP contribution in [0, 0.1) is 0 Å². The predicted molar refractivity (Wildman–Crippen MR) is 54.7 cm³/mol. The van der Waals surface area contributed by atoms with Crippen LogP contribution in [0.25, 0.3) is 0 Å². The fourth-order valence-electron chi connectivity index (χ4n) is 0.991. The minimum atomic E-state index is -3.55. The molecule has 1 aromatic carbocycles. The van der Waals surface area contributed by atoms with E-state index in [-0.39, 0.29) is 6.10 Å². The van der Waals surface area contributed by atoms with Crippen LogP contribution in [0.2, 0.25) is 0 Å². The molecular formula is C8H11O3PS. The Hall–Kier alpha value is -0.250. The van der Waals surface area contributed by atoms with E-state index in [1.54, 1.807) is 6.92 Å². The largest absolute Gasteiger partial charge is 0.325 e. The van der Waals surface area contributed by atoms with Crippen molar-refractivity contribution in [3.8, 4) is 0 Å². The van der Waals surface area contributed by atoms with Crippen LogP contribution in [-0.4, -0.2) is 9.79 Å². The third kappa shape index (κ3) is 3.98. The Balaban J connectivity index is 2.70. The summed E-state index contributed by atoms with van der Waals surface area (Å²) in [5.74, 6) is 0. The molecule has 0 amide bonds. The molecule has 0 aliphatic rings. The molecule has 0 aliphatic heterocycles. The molecule has 0 heterocycles. The van der Waals surface area contributed by atoms with Crippen molar-refractivity contribution in [2.75, 3.05) is 0 Å². The van der Waals surface area contributed by atoms with Crippen LogP contribution in [0.4, 0.5) is 0 Å². The summed E-state index contributed by atoms with van der Waals surface area (Å²) in [6.07, 6.45) is -0.387. The van der Waals surface area contributed by atoms with Gasteiger partial charge in [-0.3, -0.25) is 0 Å². The van der Waals surface area contributed by atoms with Gasteiger partial charge in [0.2, 0.25) is 0 Å². The highest BCUT2D eigenvalue weighted by atomic mass is 32.5. The van der Waals surface area contributed by atoms with Crippen molar-refractivity contribution in [3.05, 3.63) is 35.9 Å². The Morgan fingerprint density at radius 3 is 2.31 bits per heavy atom. The van der Waals surface area contributed by atoms with Crippen molar-refractivity contribution in [1.82, 2.24) is 0 Å². The molecule has 0 bridgehead atoms. The quantitative estimate of drug-likeness (QED) is 0.761. The zero-order valence-electron chi connectivity index (χ0n) is 7.12. The van der Waals surface area contributed by atoms with Crippen LogP contribution in [0.5, 0.6) is 0 Å². The van der Waals surface area contributed by atoms with Gasteiger partial charge in [0.15, 0.2) is 0 Å². The van der Waals surface area contributed by atoms with Gasteiger partial charge >= 0.3 is 6.72 Å². The zero-order chi connectivity index (χ0) is 9.90. The highest BCUT2D eigenvalue weighted by Gasteiger charge is 2.14. The van der Waals surface area contributed by atoms with Gasteiger partial charge in [-0.25, -0.2) is 0 Å². The number of benzene rings is 1. The molecule has 0 aliphatic carbocycles. The van der Waals surface area contributed by atoms with Crippen molar-refractivity contribution in [2.45, 2.75) is 13.0 Å². The maximum absolute atomic E-state index is 8.91. The first kappa shape index (κ1) is 10.8. The average Bonchev–Trinajstić information content (AvgIpc) is 2.03. The highest BCUT2D eigenvalue weighted by molar-refractivity contribution is 8.06. The van der Waals surface area contributed by atoms with Crippen LogP contribution in [0.3, 0.4) is 0 Å². The summed E-state index contributed by atoms with van der Waals surface area (Å²) in [6.45, 7) is -1.83. The van der Waals surface area contributed by atoms with Crippen LogP contribution < -0.4 is 0 Å². The van der Waals surface area contributed by atoms with Gasteiger partial charge in [0.05, 0.1) is 6.10 Å².